The molecule has 14 heavy (non-hydrogen) atoms. The van der Waals surface area contributed by atoms with Crippen molar-refractivity contribution in [2.75, 3.05) is 0 Å². The quantitative estimate of drug-likeness (QED) is 0.781. The van der Waals surface area contributed by atoms with E-state index in [-0.39, 0.29) is 5.75 Å². The van der Waals surface area contributed by atoms with E-state index in [0.717, 1.165) is 17.8 Å². The molecule has 0 saturated heterocycles. The summed E-state index contributed by atoms with van der Waals surface area (Å²) in [5.74, 6) is 0.261. The fraction of sp³-hybridized carbons (Fsp3) is 0.200. The van der Waals surface area contributed by atoms with E-state index in [2.05, 4.69) is 10.2 Å². The zero-order chi connectivity index (χ0) is 9.97. The Balaban J connectivity index is 2.34. The zero-order valence-electron chi connectivity index (χ0n) is 7.88. The van der Waals surface area contributed by atoms with E-state index in [1.54, 1.807) is 23.1 Å². The second-order valence-electron chi connectivity index (χ2n) is 2.97. The minimum absolute atomic E-state index is 0.261. The fourth-order valence-corrected chi connectivity index (χ4v) is 1.21. The van der Waals surface area contributed by atoms with Crippen LogP contribution in [0.5, 0.6) is 5.75 Å². The summed E-state index contributed by atoms with van der Waals surface area (Å²) in [7, 11) is 0. The van der Waals surface area contributed by atoms with Crippen molar-refractivity contribution >= 4 is 0 Å². The Hall–Kier alpha value is -1.84. The number of nitrogens with zero attached hydrogens (tertiary/aromatic N) is 3. The number of aromatic hydroxyl groups is 1. The van der Waals surface area contributed by atoms with E-state index < -0.39 is 0 Å². The van der Waals surface area contributed by atoms with Crippen LogP contribution in [0.3, 0.4) is 0 Å². The average molecular weight is 189 g/mol. The van der Waals surface area contributed by atoms with Crippen molar-refractivity contribution < 1.29 is 5.11 Å². The van der Waals surface area contributed by atoms with Crippen LogP contribution in [-0.4, -0.2) is 20.1 Å². The SMILES string of the molecule is CCn1ncc(-c2ccc(O)cc2)n1. The van der Waals surface area contributed by atoms with Crippen molar-refractivity contribution in [3.8, 4) is 17.0 Å². The van der Waals surface area contributed by atoms with Gasteiger partial charge < -0.3 is 5.11 Å². The van der Waals surface area contributed by atoms with Gasteiger partial charge in [-0.2, -0.15) is 15.0 Å². The van der Waals surface area contributed by atoms with E-state index in [9.17, 15) is 0 Å². The fourth-order valence-electron chi connectivity index (χ4n) is 1.21. The summed E-state index contributed by atoms with van der Waals surface area (Å²) in [5, 5.41) is 17.4. The highest BCUT2D eigenvalue weighted by atomic mass is 16.3. The molecule has 1 aromatic heterocycles. The molecule has 0 aliphatic heterocycles. The van der Waals surface area contributed by atoms with Gasteiger partial charge >= 0.3 is 0 Å². The van der Waals surface area contributed by atoms with Crippen molar-refractivity contribution in [1.82, 2.24) is 15.0 Å². The maximum absolute atomic E-state index is 9.11. The molecule has 0 unspecified atom stereocenters. The van der Waals surface area contributed by atoms with Gasteiger partial charge in [-0.1, -0.05) is 0 Å². The lowest BCUT2D eigenvalue weighted by atomic mass is 10.2. The molecular formula is C10H11N3O. The van der Waals surface area contributed by atoms with Gasteiger partial charge in [0.1, 0.15) is 11.4 Å². The number of aryl methyl sites for hydroxylation is 1. The molecule has 0 saturated carbocycles. The summed E-state index contributed by atoms with van der Waals surface area (Å²) in [6, 6.07) is 6.92. The predicted octanol–water partition coefficient (Wildman–Crippen LogP) is 1.67. The van der Waals surface area contributed by atoms with Crippen LogP contribution in [-0.2, 0) is 6.54 Å². The Labute approximate surface area is 81.8 Å². The summed E-state index contributed by atoms with van der Waals surface area (Å²) in [6.07, 6.45) is 1.72. The van der Waals surface area contributed by atoms with Gasteiger partial charge in [-0.25, -0.2) is 0 Å². The highest BCUT2D eigenvalue weighted by Crippen LogP contribution is 2.18. The molecule has 1 N–H and O–H groups in total. The van der Waals surface area contributed by atoms with E-state index >= 15 is 0 Å². The van der Waals surface area contributed by atoms with Crippen LogP contribution in [0.15, 0.2) is 30.5 Å². The average Bonchev–Trinajstić information content (AvgIpc) is 2.67. The van der Waals surface area contributed by atoms with Gasteiger partial charge in [0.15, 0.2) is 0 Å². The molecule has 0 radical (unpaired) electrons. The number of aromatic nitrogens is 3. The first-order valence-corrected chi connectivity index (χ1v) is 4.49. The molecule has 1 heterocycles. The van der Waals surface area contributed by atoms with Crippen LogP contribution in [0, 0.1) is 0 Å². The number of benzene rings is 1. The number of hydrogen-bond acceptors (Lipinski definition) is 3. The van der Waals surface area contributed by atoms with Crippen LogP contribution in [0.4, 0.5) is 0 Å². The van der Waals surface area contributed by atoms with Crippen LogP contribution in [0.25, 0.3) is 11.3 Å². The van der Waals surface area contributed by atoms with Crippen molar-refractivity contribution in [2.45, 2.75) is 13.5 Å². The lowest BCUT2D eigenvalue weighted by Crippen LogP contribution is -1.97. The Kier molecular flexibility index (Phi) is 2.18. The number of rotatable bonds is 2. The molecule has 1 aromatic carbocycles. The van der Waals surface area contributed by atoms with Crippen LogP contribution in [0.1, 0.15) is 6.92 Å². The molecule has 4 nitrogen and oxygen atoms in total. The molecule has 0 bridgehead atoms. The highest BCUT2D eigenvalue weighted by molar-refractivity contribution is 5.58. The Morgan fingerprint density at radius 3 is 2.57 bits per heavy atom. The molecule has 2 aromatic rings. The maximum atomic E-state index is 9.11. The molecule has 2 rings (SSSR count). The van der Waals surface area contributed by atoms with Crippen LogP contribution >= 0.6 is 0 Å². The van der Waals surface area contributed by atoms with Crippen molar-refractivity contribution in [3.63, 3.8) is 0 Å². The molecular weight excluding hydrogens is 178 g/mol. The molecule has 0 aliphatic rings. The summed E-state index contributed by atoms with van der Waals surface area (Å²) < 4.78 is 0. The summed E-state index contributed by atoms with van der Waals surface area (Å²) >= 11 is 0. The lowest BCUT2D eigenvalue weighted by Gasteiger charge is -1.95. The first kappa shape index (κ1) is 8.74. The molecule has 0 fully saturated rings. The van der Waals surface area contributed by atoms with E-state index in [1.165, 1.54) is 0 Å². The van der Waals surface area contributed by atoms with Gasteiger partial charge in [0, 0.05) is 5.56 Å². The normalized spacial score (nSPS) is 10.4. The molecule has 4 heteroatoms. The molecule has 72 valence electrons. The molecule has 0 spiro atoms. The van der Waals surface area contributed by atoms with Crippen LogP contribution in [0.2, 0.25) is 0 Å². The highest BCUT2D eigenvalue weighted by Gasteiger charge is 2.01. The molecule has 0 aliphatic carbocycles. The maximum Gasteiger partial charge on any atom is 0.115 e. The largest absolute Gasteiger partial charge is 0.508 e. The van der Waals surface area contributed by atoms with Gasteiger partial charge in [-0.3, -0.25) is 0 Å². The van der Waals surface area contributed by atoms with Gasteiger partial charge in [-0.15, -0.1) is 0 Å². The number of phenolic OH excluding ortho intramolecular Hbond substituents is 1. The van der Waals surface area contributed by atoms with Gasteiger partial charge in [0.2, 0.25) is 0 Å². The third-order valence-corrected chi connectivity index (χ3v) is 1.98. The third kappa shape index (κ3) is 1.59. The van der Waals surface area contributed by atoms with E-state index in [0.29, 0.717) is 0 Å². The Morgan fingerprint density at radius 1 is 1.29 bits per heavy atom. The number of hydrogen-bond donors (Lipinski definition) is 1. The van der Waals surface area contributed by atoms with Crippen LogP contribution < -0.4 is 0 Å². The Morgan fingerprint density at radius 2 is 2.00 bits per heavy atom. The Bertz CT molecular complexity index is 419. The zero-order valence-corrected chi connectivity index (χ0v) is 7.88. The second kappa shape index (κ2) is 3.49. The summed E-state index contributed by atoms with van der Waals surface area (Å²) in [5.41, 5.74) is 1.79. The first-order chi connectivity index (χ1) is 6.79. The summed E-state index contributed by atoms with van der Waals surface area (Å²) in [6.45, 7) is 2.75. The standard InChI is InChI=1S/C10H11N3O/c1-2-13-11-7-10(12-13)8-3-5-9(14)6-4-8/h3-7,14H,2H2,1H3. The van der Waals surface area contributed by atoms with Gasteiger partial charge in [0.05, 0.1) is 12.7 Å². The monoisotopic (exact) mass is 189 g/mol. The van der Waals surface area contributed by atoms with Gasteiger partial charge in [0.25, 0.3) is 0 Å². The van der Waals surface area contributed by atoms with Crippen molar-refractivity contribution in [1.29, 1.82) is 0 Å². The topological polar surface area (TPSA) is 50.9 Å². The minimum atomic E-state index is 0.261. The minimum Gasteiger partial charge on any atom is -0.508 e. The van der Waals surface area contributed by atoms with Crippen molar-refractivity contribution in [3.05, 3.63) is 30.5 Å². The summed E-state index contributed by atoms with van der Waals surface area (Å²) in [4.78, 5) is 1.63. The molecule has 0 atom stereocenters. The predicted molar refractivity (Wildman–Crippen MR) is 52.8 cm³/mol. The first-order valence-electron chi connectivity index (χ1n) is 4.49. The van der Waals surface area contributed by atoms with E-state index in [1.807, 2.05) is 19.1 Å². The van der Waals surface area contributed by atoms with Gasteiger partial charge in [-0.05, 0) is 31.2 Å². The van der Waals surface area contributed by atoms with Crippen molar-refractivity contribution in [2.24, 2.45) is 0 Å². The lowest BCUT2D eigenvalue weighted by molar-refractivity contribution is 0.475. The second-order valence-corrected chi connectivity index (χ2v) is 2.97. The third-order valence-electron chi connectivity index (χ3n) is 1.98. The smallest absolute Gasteiger partial charge is 0.115 e. The number of phenols is 1. The van der Waals surface area contributed by atoms with E-state index in [4.69, 9.17) is 5.11 Å². The molecule has 0 amide bonds.